The summed E-state index contributed by atoms with van der Waals surface area (Å²) in [6.07, 6.45) is 5.74. The van der Waals surface area contributed by atoms with Gasteiger partial charge in [0.25, 0.3) is 0 Å². The van der Waals surface area contributed by atoms with Crippen molar-refractivity contribution in [3.8, 4) is 0 Å². The van der Waals surface area contributed by atoms with Gasteiger partial charge in [-0.1, -0.05) is 12.1 Å². The van der Waals surface area contributed by atoms with Crippen LogP contribution in [0.15, 0.2) is 34.4 Å². The van der Waals surface area contributed by atoms with Gasteiger partial charge in [0, 0.05) is 37.2 Å². The zero-order valence-electron chi connectivity index (χ0n) is 13.1. The second-order valence-electron chi connectivity index (χ2n) is 4.99. The molecule has 6 N–H and O–H groups in total. The second-order valence-corrected chi connectivity index (χ2v) is 4.99. The molecule has 0 unspecified atom stereocenters. The molecular weight excluding hydrogens is 278 g/mol. The standard InChI is InChI=1S/C16H27N5O/c17-9-1-3-11-22-12-4-2-10-20-13-16(21-19)14-5-7-15(18)8-6-14/h5-8,13H,1-4,9-12,17-19H2/b20-13?,21-16+. The molecule has 0 saturated carbocycles. The topological polar surface area (TPSA) is 112 Å². The van der Waals surface area contributed by atoms with Crippen LogP contribution in [0.5, 0.6) is 0 Å². The van der Waals surface area contributed by atoms with E-state index < -0.39 is 0 Å². The van der Waals surface area contributed by atoms with Gasteiger partial charge in [-0.2, -0.15) is 5.10 Å². The molecule has 6 heteroatoms. The van der Waals surface area contributed by atoms with Gasteiger partial charge >= 0.3 is 0 Å². The fraction of sp³-hybridized carbons (Fsp3) is 0.500. The summed E-state index contributed by atoms with van der Waals surface area (Å²) >= 11 is 0. The summed E-state index contributed by atoms with van der Waals surface area (Å²) in [6.45, 7) is 3.04. The number of nitrogens with two attached hydrogens (primary N) is 3. The number of hydrogen-bond acceptors (Lipinski definition) is 6. The molecule has 0 bridgehead atoms. The van der Waals surface area contributed by atoms with E-state index in [9.17, 15) is 0 Å². The lowest BCUT2D eigenvalue weighted by atomic mass is 10.1. The molecule has 122 valence electrons. The lowest BCUT2D eigenvalue weighted by Crippen LogP contribution is -2.07. The highest BCUT2D eigenvalue weighted by molar-refractivity contribution is 6.38. The van der Waals surface area contributed by atoms with Gasteiger partial charge in [0.1, 0.15) is 5.71 Å². The summed E-state index contributed by atoms with van der Waals surface area (Å²) in [4.78, 5) is 4.35. The molecule has 0 aromatic heterocycles. The van der Waals surface area contributed by atoms with Crippen molar-refractivity contribution in [2.24, 2.45) is 21.7 Å². The summed E-state index contributed by atoms with van der Waals surface area (Å²) in [5.74, 6) is 5.40. The highest BCUT2D eigenvalue weighted by Gasteiger charge is 1.99. The Labute approximate surface area is 132 Å². The Hall–Kier alpha value is -1.92. The zero-order valence-corrected chi connectivity index (χ0v) is 13.1. The van der Waals surface area contributed by atoms with Crippen LogP contribution in [0.4, 0.5) is 5.69 Å². The molecule has 0 aliphatic rings. The van der Waals surface area contributed by atoms with Gasteiger partial charge in [0.05, 0.1) is 0 Å². The minimum absolute atomic E-state index is 0.651. The Bertz CT molecular complexity index is 456. The smallest absolute Gasteiger partial charge is 0.108 e. The van der Waals surface area contributed by atoms with E-state index in [2.05, 4.69) is 10.1 Å². The Morgan fingerprint density at radius 3 is 2.36 bits per heavy atom. The van der Waals surface area contributed by atoms with Gasteiger partial charge < -0.3 is 22.0 Å². The van der Waals surface area contributed by atoms with Crippen molar-refractivity contribution in [1.29, 1.82) is 0 Å². The molecule has 0 amide bonds. The van der Waals surface area contributed by atoms with Crippen LogP contribution in [-0.2, 0) is 4.74 Å². The van der Waals surface area contributed by atoms with Crippen LogP contribution >= 0.6 is 0 Å². The minimum atomic E-state index is 0.651. The summed E-state index contributed by atoms with van der Waals surface area (Å²) in [5, 5.41) is 3.76. The predicted octanol–water partition coefficient (Wildman–Crippen LogP) is 1.54. The number of anilines is 1. The molecule has 0 aliphatic heterocycles. The second kappa shape index (κ2) is 11.7. The maximum atomic E-state index is 5.65. The van der Waals surface area contributed by atoms with Crippen LogP contribution in [0.3, 0.4) is 0 Å². The quantitative estimate of drug-likeness (QED) is 0.189. The molecule has 1 aromatic rings. The van der Waals surface area contributed by atoms with Crippen molar-refractivity contribution in [2.45, 2.75) is 25.7 Å². The van der Waals surface area contributed by atoms with E-state index in [4.69, 9.17) is 22.0 Å². The van der Waals surface area contributed by atoms with Crippen LogP contribution in [0.1, 0.15) is 31.2 Å². The summed E-state index contributed by atoms with van der Waals surface area (Å²) in [7, 11) is 0. The first-order valence-corrected chi connectivity index (χ1v) is 7.69. The monoisotopic (exact) mass is 305 g/mol. The third-order valence-corrected chi connectivity index (χ3v) is 3.13. The van der Waals surface area contributed by atoms with E-state index >= 15 is 0 Å². The molecule has 1 rings (SSSR count). The van der Waals surface area contributed by atoms with Crippen LogP contribution < -0.4 is 17.3 Å². The fourth-order valence-corrected chi connectivity index (χ4v) is 1.85. The van der Waals surface area contributed by atoms with E-state index in [0.717, 1.165) is 57.6 Å². The number of hydrazone groups is 1. The molecule has 6 nitrogen and oxygen atoms in total. The van der Waals surface area contributed by atoms with Crippen molar-refractivity contribution in [3.63, 3.8) is 0 Å². The number of rotatable bonds is 11. The Morgan fingerprint density at radius 1 is 1.05 bits per heavy atom. The molecular formula is C16H27N5O. The average Bonchev–Trinajstić information content (AvgIpc) is 2.54. The number of benzene rings is 1. The molecule has 1 aromatic carbocycles. The lowest BCUT2D eigenvalue weighted by Gasteiger charge is -2.03. The molecule has 0 fully saturated rings. The van der Waals surface area contributed by atoms with E-state index in [0.29, 0.717) is 11.4 Å². The molecule has 0 aliphatic carbocycles. The third-order valence-electron chi connectivity index (χ3n) is 3.13. The molecule has 0 saturated heterocycles. The van der Waals surface area contributed by atoms with Gasteiger partial charge in [-0.3, -0.25) is 4.99 Å². The van der Waals surface area contributed by atoms with Crippen LogP contribution in [0.2, 0.25) is 0 Å². The highest BCUT2D eigenvalue weighted by atomic mass is 16.5. The molecule has 22 heavy (non-hydrogen) atoms. The maximum absolute atomic E-state index is 5.65. The molecule has 0 radical (unpaired) electrons. The largest absolute Gasteiger partial charge is 0.399 e. The van der Waals surface area contributed by atoms with Crippen LogP contribution in [0, 0.1) is 0 Å². The number of hydrogen-bond donors (Lipinski definition) is 3. The Morgan fingerprint density at radius 2 is 1.73 bits per heavy atom. The fourth-order valence-electron chi connectivity index (χ4n) is 1.85. The van der Waals surface area contributed by atoms with Gasteiger partial charge in [-0.05, 0) is 44.4 Å². The Balaban J connectivity index is 2.17. The van der Waals surface area contributed by atoms with Crippen molar-refractivity contribution >= 4 is 17.6 Å². The number of unbranched alkanes of at least 4 members (excludes halogenated alkanes) is 2. The molecule has 0 heterocycles. The predicted molar refractivity (Wildman–Crippen MR) is 93.3 cm³/mol. The summed E-state index contributed by atoms with van der Waals surface area (Å²) < 4.78 is 5.50. The number of nitrogen functional groups attached to an aromatic ring is 1. The molecule has 0 atom stereocenters. The number of aliphatic imine (C=N–C) groups is 1. The van der Waals surface area contributed by atoms with E-state index in [1.54, 1.807) is 6.21 Å². The van der Waals surface area contributed by atoms with E-state index in [-0.39, 0.29) is 0 Å². The first-order valence-electron chi connectivity index (χ1n) is 7.69. The summed E-state index contributed by atoms with van der Waals surface area (Å²) in [5.41, 5.74) is 13.3. The van der Waals surface area contributed by atoms with Gasteiger partial charge in [0.2, 0.25) is 0 Å². The average molecular weight is 305 g/mol. The van der Waals surface area contributed by atoms with Crippen LogP contribution in [0.25, 0.3) is 0 Å². The first-order chi connectivity index (χ1) is 10.8. The Kier molecular flexibility index (Phi) is 9.65. The van der Waals surface area contributed by atoms with Crippen molar-refractivity contribution in [3.05, 3.63) is 29.8 Å². The zero-order chi connectivity index (χ0) is 16.0. The van der Waals surface area contributed by atoms with Crippen molar-refractivity contribution < 1.29 is 4.74 Å². The number of ether oxygens (including phenoxy) is 1. The van der Waals surface area contributed by atoms with Crippen molar-refractivity contribution in [2.75, 3.05) is 32.0 Å². The normalized spacial score (nSPS) is 12.1. The summed E-state index contributed by atoms with van der Waals surface area (Å²) in [6, 6.07) is 7.39. The molecule has 0 spiro atoms. The number of nitrogens with zero attached hydrogens (tertiary/aromatic N) is 2. The van der Waals surface area contributed by atoms with Crippen molar-refractivity contribution in [1.82, 2.24) is 0 Å². The SMILES string of the molecule is NCCCCOCCCCN=C/C(=N\N)c1ccc(N)cc1. The van der Waals surface area contributed by atoms with Gasteiger partial charge in [-0.15, -0.1) is 0 Å². The van der Waals surface area contributed by atoms with E-state index in [1.165, 1.54) is 0 Å². The van der Waals surface area contributed by atoms with Gasteiger partial charge in [-0.25, -0.2) is 0 Å². The highest BCUT2D eigenvalue weighted by Crippen LogP contribution is 2.06. The third kappa shape index (κ3) is 7.75. The maximum Gasteiger partial charge on any atom is 0.108 e. The van der Waals surface area contributed by atoms with Gasteiger partial charge in [0.15, 0.2) is 0 Å². The lowest BCUT2D eigenvalue weighted by molar-refractivity contribution is 0.127. The first kappa shape index (κ1) is 18.1. The van der Waals surface area contributed by atoms with E-state index in [1.807, 2.05) is 24.3 Å². The minimum Gasteiger partial charge on any atom is -0.399 e. The van der Waals surface area contributed by atoms with Crippen LogP contribution in [-0.4, -0.2) is 38.2 Å².